The van der Waals surface area contributed by atoms with Crippen LogP contribution < -0.4 is 5.32 Å². The summed E-state index contributed by atoms with van der Waals surface area (Å²) in [5, 5.41) is 7.16. The third-order valence-electron chi connectivity index (χ3n) is 4.41. The van der Waals surface area contributed by atoms with Crippen LogP contribution in [0.25, 0.3) is 0 Å². The third kappa shape index (κ3) is 4.85. The van der Waals surface area contributed by atoms with E-state index in [0.717, 1.165) is 6.42 Å². The number of nitrogens with zero attached hydrogens (tertiary/aromatic N) is 3. The fourth-order valence-corrected chi connectivity index (χ4v) is 3.15. The van der Waals surface area contributed by atoms with Gasteiger partial charge in [0, 0.05) is 31.9 Å². The van der Waals surface area contributed by atoms with Crippen LogP contribution in [0.3, 0.4) is 0 Å². The number of likely N-dealkylation sites (tertiary alicyclic amines) is 1. The molecule has 5 nitrogen and oxygen atoms in total. The summed E-state index contributed by atoms with van der Waals surface area (Å²) in [6.45, 7) is 1.43. The molecule has 1 aromatic heterocycles. The van der Waals surface area contributed by atoms with Crippen LogP contribution >= 0.6 is 0 Å². The van der Waals surface area contributed by atoms with Gasteiger partial charge in [0.25, 0.3) is 12.3 Å². The maximum Gasteiger partial charge on any atom is 0.269 e. The molecule has 1 aromatic carbocycles. The van der Waals surface area contributed by atoms with E-state index in [0.29, 0.717) is 31.7 Å². The van der Waals surface area contributed by atoms with E-state index >= 15 is 0 Å². The molecule has 7 heteroatoms. The predicted molar refractivity (Wildman–Crippen MR) is 90.7 cm³/mol. The first-order chi connectivity index (χ1) is 12.1. The van der Waals surface area contributed by atoms with Crippen molar-refractivity contribution in [3.63, 3.8) is 0 Å². The molecule has 1 N–H and O–H groups in total. The monoisotopic (exact) mass is 348 g/mol. The van der Waals surface area contributed by atoms with Gasteiger partial charge < -0.3 is 5.32 Å². The summed E-state index contributed by atoms with van der Waals surface area (Å²) in [6.07, 6.45) is 0.747. The van der Waals surface area contributed by atoms with Crippen LogP contribution in [0.4, 0.5) is 8.78 Å². The molecule has 134 valence electrons. The second-order valence-corrected chi connectivity index (χ2v) is 6.28. The van der Waals surface area contributed by atoms with E-state index in [1.807, 2.05) is 30.3 Å². The minimum Gasteiger partial charge on any atom is -0.347 e. The lowest BCUT2D eigenvalue weighted by Gasteiger charge is -2.16. The van der Waals surface area contributed by atoms with Gasteiger partial charge in [-0.25, -0.2) is 8.78 Å². The number of amides is 1. The Bertz CT molecular complexity index is 689. The lowest BCUT2D eigenvalue weighted by atomic mass is 10.1. The van der Waals surface area contributed by atoms with Crippen molar-refractivity contribution in [2.45, 2.75) is 31.9 Å². The van der Waals surface area contributed by atoms with E-state index in [9.17, 15) is 13.6 Å². The van der Waals surface area contributed by atoms with Gasteiger partial charge in [-0.2, -0.15) is 5.10 Å². The third-order valence-corrected chi connectivity index (χ3v) is 4.41. The van der Waals surface area contributed by atoms with E-state index in [1.165, 1.54) is 5.56 Å². The summed E-state index contributed by atoms with van der Waals surface area (Å²) in [6, 6.07) is 11.6. The van der Waals surface area contributed by atoms with Gasteiger partial charge in [-0.3, -0.25) is 14.4 Å². The standard InChI is InChI=1S/C18H22F2N4O/c19-17(20)13-23-10-8-15(12-23)22-18(25)16-6-9-21-24(16)11-7-14-4-2-1-3-5-14/h1-6,9,15,17H,7-8,10-13H2,(H,22,25). The first-order valence-electron chi connectivity index (χ1n) is 8.49. The predicted octanol–water partition coefficient (Wildman–Crippen LogP) is 2.19. The maximum atomic E-state index is 12.5. The number of carbonyl (C=O) groups is 1. The molecule has 25 heavy (non-hydrogen) atoms. The van der Waals surface area contributed by atoms with Crippen molar-refractivity contribution in [1.82, 2.24) is 20.0 Å². The van der Waals surface area contributed by atoms with Gasteiger partial charge in [-0.1, -0.05) is 30.3 Å². The Morgan fingerprint density at radius 3 is 2.84 bits per heavy atom. The Morgan fingerprint density at radius 1 is 1.28 bits per heavy atom. The smallest absolute Gasteiger partial charge is 0.269 e. The number of benzene rings is 1. The number of aromatic nitrogens is 2. The number of carbonyl (C=O) groups excluding carboxylic acids is 1. The highest BCUT2D eigenvalue weighted by atomic mass is 19.3. The molecule has 0 saturated carbocycles. The van der Waals surface area contributed by atoms with Crippen LogP contribution in [0.2, 0.25) is 0 Å². The number of aryl methyl sites for hydroxylation is 2. The molecule has 2 aromatic rings. The van der Waals surface area contributed by atoms with Crippen LogP contribution in [-0.2, 0) is 13.0 Å². The van der Waals surface area contributed by atoms with Crippen molar-refractivity contribution in [1.29, 1.82) is 0 Å². The molecule has 0 bridgehead atoms. The van der Waals surface area contributed by atoms with Crippen molar-refractivity contribution in [2.75, 3.05) is 19.6 Å². The van der Waals surface area contributed by atoms with Gasteiger partial charge in [0.2, 0.25) is 0 Å². The van der Waals surface area contributed by atoms with Crippen LogP contribution in [0, 0.1) is 0 Å². The van der Waals surface area contributed by atoms with Crippen LogP contribution in [0.1, 0.15) is 22.5 Å². The van der Waals surface area contributed by atoms with Crippen LogP contribution in [0.5, 0.6) is 0 Å². The second kappa shape index (κ2) is 8.20. The molecule has 1 aliphatic rings. The fraction of sp³-hybridized carbons (Fsp3) is 0.444. The second-order valence-electron chi connectivity index (χ2n) is 6.28. The van der Waals surface area contributed by atoms with Crippen LogP contribution in [0.15, 0.2) is 42.6 Å². The first kappa shape index (κ1) is 17.5. The zero-order chi connectivity index (χ0) is 17.6. The highest BCUT2D eigenvalue weighted by Crippen LogP contribution is 2.12. The average Bonchev–Trinajstić information content (AvgIpc) is 3.22. The van der Waals surface area contributed by atoms with Crippen molar-refractivity contribution in [3.8, 4) is 0 Å². The number of rotatable bonds is 7. The molecular formula is C18H22F2N4O. The lowest BCUT2D eigenvalue weighted by Crippen LogP contribution is -2.38. The van der Waals surface area contributed by atoms with E-state index in [-0.39, 0.29) is 18.5 Å². The Hall–Kier alpha value is -2.28. The van der Waals surface area contributed by atoms with Crippen molar-refractivity contribution in [3.05, 3.63) is 53.9 Å². The molecule has 1 aliphatic heterocycles. The normalized spacial score (nSPS) is 18.0. The average molecular weight is 348 g/mol. The summed E-state index contributed by atoms with van der Waals surface area (Å²) < 4.78 is 26.6. The van der Waals surface area contributed by atoms with E-state index in [2.05, 4.69) is 10.4 Å². The van der Waals surface area contributed by atoms with Gasteiger partial charge in [0.15, 0.2) is 0 Å². The van der Waals surface area contributed by atoms with Gasteiger partial charge in [-0.15, -0.1) is 0 Å². The van der Waals surface area contributed by atoms with E-state index in [4.69, 9.17) is 0 Å². The molecule has 3 rings (SSSR count). The van der Waals surface area contributed by atoms with Crippen molar-refractivity contribution in [2.24, 2.45) is 0 Å². The number of nitrogens with one attached hydrogen (secondary N) is 1. The van der Waals surface area contributed by atoms with Gasteiger partial charge in [0.05, 0.1) is 6.54 Å². The Labute approximate surface area is 145 Å². The maximum absolute atomic E-state index is 12.5. The van der Waals surface area contributed by atoms with Crippen molar-refractivity contribution < 1.29 is 13.6 Å². The number of hydrogen-bond acceptors (Lipinski definition) is 3. The quantitative estimate of drug-likeness (QED) is 0.835. The Balaban J connectivity index is 1.54. The molecular weight excluding hydrogens is 326 g/mol. The van der Waals surface area contributed by atoms with Gasteiger partial charge in [0.1, 0.15) is 5.69 Å². The minimum absolute atomic E-state index is 0.0938. The minimum atomic E-state index is -2.34. The number of alkyl halides is 2. The zero-order valence-corrected chi connectivity index (χ0v) is 13.9. The molecule has 1 atom stereocenters. The molecule has 2 heterocycles. The topological polar surface area (TPSA) is 50.2 Å². The Kier molecular flexibility index (Phi) is 5.75. The molecule has 1 saturated heterocycles. The SMILES string of the molecule is O=C(NC1CCN(CC(F)F)C1)c1ccnn1CCc1ccccc1. The summed E-state index contributed by atoms with van der Waals surface area (Å²) >= 11 is 0. The summed E-state index contributed by atoms with van der Waals surface area (Å²) in [4.78, 5) is 14.2. The Morgan fingerprint density at radius 2 is 2.08 bits per heavy atom. The fourth-order valence-electron chi connectivity index (χ4n) is 3.15. The zero-order valence-electron chi connectivity index (χ0n) is 13.9. The molecule has 1 unspecified atom stereocenters. The molecule has 0 aliphatic carbocycles. The number of halogens is 2. The summed E-state index contributed by atoms with van der Waals surface area (Å²) in [5.74, 6) is -0.200. The van der Waals surface area contributed by atoms with Gasteiger partial charge >= 0.3 is 0 Å². The lowest BCUT2D eigenvalue weighted by molar-refractivity contribution is 0.0909. The van der Waals surface area contributed by atoms with Crippen LogP contribution in [-0.4, -0.2) is 52.7 Å². The van der Waals surface area contributed by atoms with E-state index in [1.54, 1.807) is 21.8 Å². The molecule has 0 spiro atoms. The van der Waals surface area contributed by atoms with Gasteiger partial charge in [-0.05, 0) is 24.5 Å². The molecule has 1 amide bonds. The molecule has 0 radical (unpaired) electrons. The highest BCUT2D eigenvalue weighted by molar-refractivity contribution is 5.92. The first-order valence-corrected chi connectivity index (χ1v) is 8.49. The van der Waals surface area contributed by atoms with E-state index < -0.39 is 6.43 Å². The summed E-state index contributed by atoms with van der Waals surface area (Å²) in [7, 11) is 0. The molecule has 1 fully saturated rings. The van der Waals surface area contributed by atoms with Crippen molar-refractivity contribution >= 4 is 5.91 Å². The summed E-state index contributed by atoms with van der Waals surface area (Å²) in [5.41, 5.74) is 1.69. The highest BCUT2D eigenvalue weighted by Gasteiger charge is 2.26. The largest absolute Gasteiger partial charge is 0.347 e. The number of hydrogen-bond donors (Lipinski definition) is 1.